The zero-order valence-electron chi connectivity index (χ0n) is 15.0. The molecule has 4 nitrogen and oxygen atoms in total. The van der Waals surface area contributed by atoms with Crippen LogP contribution in [0, 0.1) is 5.82 Å². The maximum Gasteiger partial charge on any atom is 0.170 e. The molecule has 27 heavy (non-hydrogen) atoms. The van der Waals surface area contributed by atoms with E-state index in [1.54, 1.807) is 18.3 Å². The molecule has 2 aromatic heterocycles. The fraction of sp³-hybridized carbons (Fsp3) is 0.238. The monoisotopic (exact) mass is 380 g/mol. The van der Waals surface area contributed by atoms with Gasteiger partial charge in [-0.15, -0.1) is 0 Å². The van der Waals surface area contributed by atoms with E-state index in [4.69, 9.17) is 12.2 Å². The lowest BCUT2D eigenvalue weighted by molar-refractivity contribution is 0.308. The summed E-state index contributed by atoms with van der Waals surface area (Å²) in [5.74, 6) is -0.250. The summed E-state index contributed by atoms with van der Waals surface area (Å²) in [4.78, 5) is 6.72. The molecule has 6 heteroatoms. The Kier molecular flexibility index (Phi) is 4.90. The number of benzene rings is 1. The van der Waals surface area contributed by atoms with Crippen molar-refractivity contribution in [1.82, 2.24) is 19.8 Å². The molecule has 0 spiro atoms. The van der Waals surface area contributed by atoms with Crippen LogP contribution in [-0.4, -0.2) is 26.1 Å². The van der Waals surface area contributed by atoms with Crippen LogP contribution >= 0.6 is 12.2 Å². The van der Waals surface area contributed by atoms with Gasteiger partial charge in [-0.05, 0) is 55.0 Å². The second-order valence-corrected chi connectivity index (χ2v) is 6.96. The molecule has 1 aromatic carbocycles. The van der Waals surface area contributed by atoms with Gasteiger partial charge in [-0.1, -0.05) is 25.1 Å². The molecule has 0 aliphatic carbocycles. The lowest BCUT2D eigenvalue weighted by Gasteiger charge is -2.28. The summed E-state index contributed by atoms with van der Waals surface area (Å²) in [6, 6.07) is 16.5. The maximum atomic E-state index is 14.5. The summed E-state index contributed by atoms with van der Waals surface area (Å²) in [7, 11) is 0. The van der Waals surface area contributed by atoms with Crippen molar-refractivity contribution < 1.29 is 4.39 Å². The van der Waals surface area contributed by atoms with Gasteiger partial charge in [0, 0.05) is 24.6 Å². The topological polar surface area (TPSA) is 33.1 Å². The molecule has 1 saturated heterocycles. The minimum Gasteiger partial charge on any atom is -0.352 e. The van der Waals surface area contributed by atoms with Crippen LogP contribution in [0.25, 0.3) is 5.69 Å². The standard InChI is InChI=1S/C21H21FN4S/c1-2-13-26-20(19(24-21(26)27)16-9-5-6-12-23-16)18-11-7-14-25(18)17-10-4-3-8-15(17)22/h3-12,14,19-20H,2,13H2,1H3,(H,24,27)/t19-,20-/m0/s1. The van der Waals surface area contributed by atoms with Crippen LogP contribution in [0.4, 0.5) is 4.39 Å². The second kappa shape index (κ2) is 7.48. The number of rotatable bonds is 5. The minimum absolute atomic E-state index is 0.0676. The number of halogens is 1. The Hall–Kier alpha value is -2.73. The lowest BCUT2D eigenvalue weighted by atomic mass is 10.0. The number of nitrogens with zero attached hydrogens (tertiary/aromatic N) is 3. The molecular weight excluding hydrogens is 359 g/mol. The highest BCUT2D eigenvalue weighted by Gasteiger charge is 2.40. The van der Waals surface area contributed by atoms with Crippen molar-refractivity contribution >= 4 is 17.3 Å². The third-order valence-corrected chi connectivity index (χ3v) is 5.21. The van der Waals surface area contributed by atoms with Crippen LogP contribution in [0.2, 0.25) is 0 Å². The number of hydrogen-bond acceptors (Lipinski definition) is 2. The molecule has 4 rings (SSSR count). The molecule has 0 bridgehead atoms. The summed E-state index contributed by atoms with van der Waals surface area (Å²) in [5.41, 5.74) is 2.44. The number of para-hydroxylation sites is 1. The molecule has 3 aromatic rings. The first kappa shape index (κ1) is 17.7. The molecule has 138 valence electrons. The highest BCUT2D eigenvalue weighted by molar-refractivity contribution is 7.80. The summed E-state index contributed by atoms with van der Waals surface area (Å²) in [5, 5.41) is 4.13. The Bertz CT molecular complexity index is 940. The number of pyridine rings is 1. The predicted molar refractivity (Wildman–Crippen MR) is 108 cm³/mol. The first-order chi connectivity index (χ1) is 13.2. The molecule has 1 aliphatic rings. The summed E-state index contributed by atoms with van der Waals surface area (Å²) < 4.78 is 16.4. The molecular formula is C21H21FN4S. The van der Waals surface area contributed by atoms with Crippen molar-refractivity contribution in [2.45, 2.75) is 25.4 Å². The van der Waals surface area contributed by atoms with E-state index in [0.29, 0.717) is 10.8 Å². The van der Waals surface area contributed by atoms with Crippen LogP contribution in [0.1, 0.15) is 36.8 Å². The van der Waals surface area contributed by atoms with Crippen molar-refractivity contribution in [2.24, 2.45) is 0 Å². The number of thiocarbonyl (C=S) groups is 1. The van der Waals surface area contributed by atoms with Crippen LogP contribution in [-0.2, 0) is 0 Å². The fourth-order valence-corrected chi connectivity index (χ4v) is 4.04. The van der Waals surface area contributed by atoms with E-state index in [1.807, 2.05) is 47.2 Å². The Balaban J connectivity index is 1.83. The summed E-state index contributed by atoms with van der Waals surface area (Å²) >= 11 is 5.62. The third kappa shape index (κ3) is 3.21. The Morgan fingerprint density at radius 2 is 1.93 bits per heavy atom. The SMILES string of the molecule is CCCN1C(=S)N[C@@H](c2ccccn2)[C@@H]1c1cccn1-c1ccccc1F. The summed E-state index contributed by atoms with van der Waals surface area (Å²) in [6.45, 7) is 2.95. The zero-order valence-corrected chi connectivity index (χ0v) is 15.9. The van der Waals surface area contributed by atoms with Crippen molar-refractivity contribution in [3.8, 4) is 5.69 Å². The maximum absolute atomic E-state index is 14.5. The largest absolute Gasteiger partial charge is 0.352 e. The first-order valence-electron chi connectivity index (χ1n) is 9.11. The van der Waals surface area contributed by atoms with Crippen LogP contribution in [0.3, 0.4) is 0 Å². The molecule has 1 aliphatic heterocycles. The minimum atomic E-state index is -0.250. The van der Waals surface area contributed by atoms with Gasteiger partial charge in [-0.3, -0.25) is 4.98 Å². The highest BCUT2D eigenvalue weighted by Crippen LogP contribution is 2.39. The quantitative estimate of drug-likeness (QED) is 0.666. The Morgan fingerprint density at radius 1 is 1.11 bits per heavy atom. The lowest BCUT2D eigenvalue weighted by Crippen LogP contribution is -2.31. The second-order valence-electron chi connectivity index (χ2n) is 6.57. The number of nitrogens with one attached hydrogen (secondary N) is 1. The smallest absolute Gasteiger partial charge is 0.170 e. The van der Waals surface area contributed by atoms with Crippen LogP contribution < -0.4 is 5.32 Å². The number of aromatic nitrogens is 2. The van der Waals surface area contributed by atoms with E-state index in [1.165, 1.54) is 6.07 Å². The van der Waals surface area contributed by atoms with Crippen molar-refractivity contribution in [1.29, 1.82) is 0 Å². The Labute approximate surface area is 163 Å². The van der Waals surface area contributed by atoms with E-state index < -0.39 is 0 Å². The van der Waals surface area contributed by atoms with Crippen molar-refractivity contribution in [3.63, 3.8) is 0 Å². The molecule has 0 unspecified atom stereocenters. The third-order valence-electron chi connectivity index (χ3n) is 4.86. The molecule has 1 fully saturated rings. The van der Waals surface area contributed by atoms with Gasteiger partial charge in [0.2, 0.25) is 0 Å². The fourth-order valence-electron chi connectivity index (χ4n) is 3.71. The van der Waals surface area contributed by atoms with Gasteiger partial charge >= 0.3 is 0 Å². The van der Waals surface area contributed by atoms with Gasteiger partial charge in [0.05, 0.1) is 23.5 Å². The molecule has 0 amide bonds. The van der Waals surface area contributed by atoms with Crippen molar-refractivity contribution in [3.05, 3.63) is 84.2 Å². The van der Waals surface area contributed by atoms with Gasteiger partial charge in [0.25, 0.3) is 0 Å². The van der Waals surface area contributed by atoms with Gasteiger partial charge in [-0.25, -0.2) is 4.39 Å². The zero-order chi connectivity index (χ0) is 18.8. The average Bonchev–Trinajstić information content (AvgIpc) is 3.28. The normalized spacial score (nSPS) is 19.3. The Morgan fingerprint density at radius 3 is 2.67 bits per heavy atom. The van der Waals surface area contributed by atoms with Gasteiger partial charge < -0.3 is 14.8 Å². The van der Waals surface area contributed by atoms with E-state index in [-0.39, 0.29) is 17.9 Å². The highest BCUT2D eigenvalue weighted by atomic mass is 32.1. The molecule has 2 atom stereocenters. The van der Waals surface area contributed by atoms with E-state index in [9.17, 15) is 4.39 Å². The summed E-state index contributed by atoms with van der Waals surface area (Å²) in [6.07, 6.45) is 4.65. The number of hydrogen-bond donors (Lipinski definition) is 1. The molecule has 1 N–H and O–H groups in total. The molecule has 0 saturated carbocycles. The van der Waals surface area contributed by atoms with Crippen LogP contribution in [0.15, 0.2) is 67.0 Å². The van der Waals surface area contributed by atoms with E-state index in [0.717, 1.165) is 24.4 Å². The predicted octanol–water partition coefficient (Wildman–Crippen LogP) is 4.39. The van der Waals surface area contributed by atoms with Gasteiger partial charge in [0.1, 0.15) is 5.82 Å². The van der Waals surface area contributed by atoms with E-state index >= 15 is 0 Å². The molecule has 0 radical (unpaired) electrons. The van der Waals surface area contributed by atoms with E-state index in [2.05, 4.69) is 22.1 Å². The van der Waals surface area contributed by atoms with Crippen molar-refractivity contribution in [2.75, 3.05) is 6.54 Å². The van der Waals surface area contributed by atoms with Gasteiger partial charge in [0.15, 0.2) is 5.11 Å². The first-order valence-corrected chi connectivity index (χ1v) is 9.51. The molecule has 3 heterocycles. The average molecular weight is 380 g/mol. The van der Waals surface area contributed by atoms with Crippen LogP contribution in [0.5, 0.6) is 0 Å². The van der Waals surface area contributed by atoms with Gasteiger partial charge in [-0.2, -0.15) is 0 Å².